The molecule has 0 aliphatic heterocycles. The predicted octanol–water partition coefficient (Wildman–Crippen LogP) is 3.13. The van der Waals surface area contributed by atoms with Crippen molar-refractivity contribution in [1.82, 2.24) is 20.1 Å². The number of aromatic nitrogens is 3. The summed E-state index contributed by atoms with van der Waals surface area (Å²) in [5, 5.41) is 11.9. The van der Waals surface area contributed by atoms with E-state index in [0.29, 0.717) is 35.1 Å². The number of nitrogens with one attached hydrogen (secondary N) is 1. The monoisotopic (exact) mass is 420 g/mol. The standard InChI is InChI=1S/C20H28N4O4S/c1-4-24-19(16-9-6-10-27-16)22-23-20(24)29-12-18(26)28-11-17(25)21-15-8-5-7-13(2)14(15)3/h6,9-10,13-15H,4-5,7-8,11-12H2,1-3H3,(H,21,25). The van der Waals surface area contributed by atoms with Gasteiger partial charge in [0.25, 0.3) is 5.91 Å². The van der Waals surface area contributed by atoms with Crippen LogP contribution in [-0.4, -0.2) is 45.0 Å². The highest BCUT2D eigenvalue weighted by Gasteiger charge is 2.28. The number of ether oxygens (including phenoxy) is 1. The molecule has 0 spiro atoms. The molecule has 3 atom stereocenters. The summed E-state index contributed by atoms with van der Waals surface area (Å²) in [4.78, 5) is 24.2. The molecule has 1 fully saturated rings. The third kappa shape index (κ3) is 5.41. The normalized spacial score (nSPS) is 21.7. The van der Waals surface area contributed by atoms with Gasteiger partial charge < -0.3 is 14.5 Å². The molecule has 158 valence electrons. The maximum absolute atomic E-state index is 12.1. The molecule has 2 heterocycles. The molecule has 1 saturated carbocycles. The Morgan fingerprint density at radius 2 is 2.17 bits per heavy atom. The van der Waals surface area contributed by atoms with E-state index in [1.54, 1.807) is 12.3 Å². The highest BCUT2D eigenvalue weighted by atomic mass is 32.2. The number of esters is 1. The molecule has 2 aromatic rings. The molecule has 0 bridgehead atoms. The quantitative estimate of drug-likeness (QED) is 0.517. The fraction of sp³-hybridized carbons (Fsp3) is 0.600. The third-order valence-corrected chi connectivity index (χ3v) is 6.45. The minimum Gasteiger partial charge on any atom is -0.461 e. The average Bonchev–Trinajstić information content (AvgIpc) is 3.37. The molecule has 0 aromatic carbocycles. The number of thioether (sulfide) groups is 1. The molecule has 29 heavy (non-hydrogen) atoms. The van der Waals surface area contributed by atoms with Gasteiger partial charge in [-0.05, 0) is 37.3 Å². The molecule has 3 rings (SSSR count). The van der Waals surface area contributed by atoms with Gasteiger partial charge in [0.1, 0.15) is 0 Å². The first-order valence-electron chi connectivity index (χ1n) is 10.0. The fourth-order valence-electron chi connectivity index (χ4n) is 3.61. The van der Waals surface area contributed by atoms with Crippen LogP contribution in [0.5, 0.6) is 0 Å². The average molecular weight is 421 g/mol. The Bertz CT molecular complexity index is 821. The SMILES string of the molecule is CCn1c(SCC(=O)OCC(=O)NC2CCCC(C)C2C)nnc1-c1ccco1. The summed E-state index contributed by atoms with van der Waals surface area (Å²) in [5.74, 6) is 1.62. The molecule has 1 amide bonds. The van der Waals surface area contributed by atoms with Gasteiger partial charge in [0.2, 0.25) is 0 Å². The Labute approximate surface area is 174 Å². The highest BCUT2D eigenvalue weighted by molar-refractivity contribution is 7.99. The molecule has 1 aliphatic rings. The maximum atomic E-state index is 12.1. The van der Waals surface area contributed by atoms with E-state index < -0.39 is 5.97 Å². The van der Waals surface area contributed by atoms with Crippen molar-refractivity contribution in [2.45, 2.75) is 57.8 Å². The van der Waals surface area contributed by atoms with Crippen LogP contribution in [0.3, 0.4) is 0 Å². The molecule has 0 radical (unpaired) electrons. The van der Waals surface area contributed by atoms with Crippen molar-refractivity contribution < 1.29 is 18.7 Å². The lowest BCUT2D eigenvalue weighted by Gasteiger charge is -2.34. The van der Waals surface area contributed by atoms with Crippen molar-refractivity contribution in [3.63, 3.8) is 0 Å². The summed E-state index contributed by atoms with van der Waals surface area (Å²) in [6, 6.07) is 3.75. The van der Waals surface area contributed by atoms with Crippen molar-refractivity contribution in [3.8, 4) is 11.6 Å². The van der Waals surface area contributed by atoms with E-state index in [1.165, 1.54) is 18.2 Å². The van der Waals surface area contributed by atoms with Crippen LogP contribution < -0.4 is 5.32 Å². The first-order valence-corrected chi connectivity index (χ1v) is 11.0. The van der Waals surface area contributed by atoms with E-state index in [-0.39, 0.29) is 24.3 Å². The zero-order valence-electron chi connectivity index (χ0n) is 17.1. The molecular formula is C20H28N4O4S. The second-order valence-corrected chi connectivity index (χ2v) is 8.36. The maximum Gasteiger partial charge on any atom is 0.316 e. The van der Waals surface area contributed by atoms with Gasteiger partial charge in [-0.15, -0.1) is 10.2 Å². The minimum atomic E-state index is -0.458. The largest absolute Gasteiger partial charge is 0.461 e. The Balaban J connectivity index is 1.45. The Morgan fingerprint density at radius 1 is 1.34 bits per heavy atom. The van der Waals surface area contributed by atoms with E-state index in [1.807, 2.05) is 17.6 Å². The van der Waals surface area contributed by atoms with Gasteiger partial charge >= 0.3 is 5.97 Å². The van der Waals surface area contributed by atoms with Gasteiger partial charge in [0.15, 0.2) is 23.3 Å². The van der Waals surface area contributed by atoms with Gasteiger partial charge in [-0.1, -0.05) is 38.5 Å². The molecule has 1 aliphatic carbocycles. The molecule has 8 nitrogen and oxygen atoms in total. The van der Waals surface area contributed by atoms with Gasteiger partial charge in [0, 0.05) is 12.6 Å². The number of hydrogen-bond acceptors (Lipinski definition) is 7. The number of furan rings is 1. The van der Waals surface area contributed by atoms with E-state index in [0.717, 1.165) is 12.8 Å². The number of amides is 1. The zero-order valence-corrected chi connectivity index (χ0v) is 17.9. The van der Waals surface area contributed by atoms with Crippen LogP contribution in [0, 0.1) is 11.8 Å². The molecule has 1 N–H and O–H groups in total. The van der Waals surface area contributed by atoms with E-state index in [2.05, 4.69) is 29.4 Å². The van der Waals surface area contributed by atoms with Crippen LogP contribution in [0.1, 0.15) is 40.0 Å². The lowest BCUT2D eigenvalue weighted by atomic mass is 9.78. The second kappa shape index (κ2) is 9.96. The number of carbonyl (C=O) groups excluding carboxylic acids is 2. The van der Waals surface area contributed by atoms with Crippen molar-refractivity contribution in [1.29, 1.82) is 0 Å². The molecular weight excluding hydrogens is 392 g/mol. The van der Waals surface area contributed by atoms with Crippen LogP contribution >= 0.6 is 11.8 Å². The molecule has 9 heteroatoms. The van der Waals surface area contributed by atoms with Crippen molar-refractivity contribution >= 4 is 23.6 Å². The number of rotatable bonds is 8. The van der Waals surface area contributed by atoms with Crippen LogP contribution in [-0.2, 0) is 20.9 Å². The van der Waals surface area contributed by atoms with Gasteiger partial charge in [-0.25, -0.2) is 0 Å². The predicted molar refractivity (Wildman–Crippen MR) is 109 cm³/mol. The first kappa shape index (κ1) is 21.4. The Morgan fingerprint density at radius 3 is 2.90 bits per heavy atom. The van der Waals surface area contributed by atoms with Crippen molar-refractivity contribution in [2.75, 3.05) is 12.4 Å². The van der Waals surface area contributed by atoms with E-state index in [4.69, 9.17) is 9.15 Å². The lowest BCUT2D eigenvalue weighted by molar-refractivity contribution is -0.146. The summed E-state index contributed by atoms with van der Waals surface area (Å²) >= 11 is 1.23. The summed E-state index contributed by atoms with van der Waals surface area (Å²) < 4.78 is 12.4. The molecule has 2 aromatic heterocycles. The van der Waals surface area contributed by atoms with Crippen LogP contribution in [0.25, 0.3) is 11.6 Å². The van der Waals surface area contributed by atoms with E-state index >= 15 is 0 Å². The van der Waals surface area contributed by atoms with Crippen LogP contribution in [0.15, 0.2) is 28.0 Å². The summed E-state index contributed by atoms with van der Waals surface area (Å²) in [6.07, 6.45) is 4.87. The van der Waals surface area contributed by atoms with E-state index in [9.17, 15) is 9.59 Å². The topological polar surface area (TPSA) is 99.2 Å². The number of carbonyl (C=O) groups is 2. The van der Waals surface area contributed by atoms with Crippen molar-refractivity contribution in [3.05, 3.63) is 18.4 Å². The molecule has 0 saturated heterocycles. The second-order valence-electron chi connectivity index (χ2n) is 7.42. The van der Waals surface area contributed by atoms with Crippen LogP contribution in [0.4, 0.5) is 0 Å². The molecule has 3 unspecified atom stereocenters. The van der Waals surface area contributed by atoms with Gasteiger partial charge in [0.05, 0.1) is 12.0 Å². The Hall–Kier alpha value is -2.29. The summed E-state index contributed by atoms with van der Waals surface area (Å²) in [6.45, 7) is 6.73. The van der Waals surface area contributed by atoms with Crippen molar-refractivity contribution in [2.24, 2.45) is 11.8 Å². The van der Waals surface area contributed by atoms with Crippen LogP contribution in [0.2, 0.25) is 0 Å². The smallest absolute Gasteiger partial charge is 0.316 e. The fourth-order valence-corrected chi connectivity index (χ4v) is 4.41. The summed E-state index contributed by atoms with van der Waals surface area (Å²) in [7, 11) is 0. The lowest BCUT2D eigenvalue weighted by Crippen LogP contribution is -2.45. The highest BCUT2D eigenvalue weighted by Crippen LogP contribution is 2.29. The third-order valence-electron chi connectivity index (χ3n) is 5.51. The number of nitrogens with zero attached hydrogens (tertiary/aromatic N) is 3. The summed E-state index contributed by atoms with van der Waals surface area (Å²) in [5.41, 5.74) is 0. The van der Waals surface area contributed by atoms with Gasteiger partial charge in [-0.3, -0.25) is 14.2 Å². The van der Waals surface area contributed by atoms with Gasteiger partial charge in [-0.2, -0.15) is 0 Å². The number of hydrogen-bond donors (Lipinski definition) is 1. The minimum absolute atomic E-state index is 0.0560. The Kier molecular flexibility index (Phi) is 7.35. The zero-order chi connectivity index (χ0) is 20.8. The first-order chi connectivity index (χ1) is 14.0.